The molecule has 1 aromatic rings. The number of nitrogens with zero attached hydrogens (tertiary/aromatic N) is 2. The molecular weight excluding hydrogens is 290 g/mol. The van der Waals surface area contributed by atoms with Crippen molar-refractivity contribution in [3.8, 4) is 0 Å². The topological polar surface area (TPSA) is 55.8 Å². The Bertz CT molecular complexity index is 500. The smallest absolute Gasteiger partial charge is 0.234 e. The molecule has 2 saturated heterocycles. The Balaban J connectivity index is 1.38. The summed E-state index contributed by atoms with van der Waals surface area (Å²) in [6.45, 7) is 5.02. The van der Waals surface area contributed by atoms with Gasteiger partial charge in [0.05, 0.1) is 12.6 Å². The van der Waals surface area contributed by atoms with Crippen LogP contribution < -0.4 is 5.32 Å². The highest BCUT2D eigenvalue weighted by Gasteiger charge is 2.25. The van der Waals surface area contributed by atoms with E-state index >= 15 is 0 Å². The molecule has 2 N–H and O–H groups in total. The van der Waals surface area contributed by atoms with E-state index < -0.39 is 0 Å². The average molecular weight is 317 g/mol. The summed E-state index contributed by atoms with van der Waals surface area (Å²) in [5, 5.41) is 12.7. The Morgan fingerprint density at radius 2 is 1.78 bits per heavy atom. The molecule has 1 unspecified atom stereocenters. The fourth-order valence-electron chi connectivity index (χ4n) is 3.49. The minimum absolute atomic E-state index is 0.118. The third-order valence-electron chi connectivity index (χ3n) is 4.81. The SMILES string of the molecule is O=C(CN1CCC(O)CC1)NC1CCN(Cc2ccccc2)C1. The molecule has 1 aromatic carbocycles. The van der Waals surface area contributed by atoms with Gasteiger partial charge in [0.1, 0.15) is 0 Å². The summed E-state index contributed by atoms with van der Waals surface area (Å²) in [6, 6.07) is 10.7. The monoisotopic (exact) mass is 317 g/mol. The maximum absolute atomic E-state index is 12.2. The van der Waals surface area contributed by atoms with Crippen LogP contribution in [0.2, 0.25) is 0 Å². The average Bonchev–Trinajstić information content (AvgIpc) is 2.97. The van der Waals surface area contributed by atoms with Gasteiger partial charge >= 0.3 is 0 Å². The molecule has 1 amide bonds. The second-order valence-electron chi connectivity index (χ2n) is 6.78. The summed E-state index contributed by atoms with van der Waals surface area (Å²) < 4.78 is 0. The fourth-order valence-corrected chi connectivity index (χ4v) is 3.49. The summed E-state index contributed by atoms with van der Waals surface area (Å²) in [6.07, 6.45) is 2.40. The zero-order valence-corrected chi connectivity index (χ0v) is 13.7. The lowest BCUT2D eigenvalue weighted by molar-refractivity contribution is -0.123. The lowest BCUT2D eigenvalue weighted by Crippen LogP contribution is -2.45. The molecule has 3 rings (SSSR count). The van der Waals surface area contributed by atoms with Gasteiger partial charge in [0.15, 0.2) is 0 Å². The van der Waals surface area contributed by atoms with E-state index in [1.54, 1.807) is 0 Å². The number of piperidine rings is 1. The van der Waals surface area contributed by atoms with Crippen LogP contribution in [0.25, 0.3) is 0 Å². The summed E-state index contributed by atoms with van der Waals surface area (Å²) in [4.78, 5) is 16.7. The second kappa shape index (κ2) is 7.90. The van der Waals surface area contributed by atoms with Crippen molar-refractivity contribution in [3.63, 3.8) is 0 Å². The van der Waals surface area contributed by atoms with Crippen molar-refractivity contribution in [1.82, 2.24) is 15.1 Å². The van der Waals surface area contributed by atoms with Gasteiger partial charge in [0.2, 0.25) is 5.91 Å². The lowest BCUT2D eigenvalue weighted by Gasteiger charge is -2.29. The summed E-state index contributed by atoms with van der Waals surface area (Å²) >= 11 is 0. The van der Waals surface area contributed by atoms with Gasteiger partial charge < -0.3 is 10.4 Å². The van der Waals surface area contributed by atoms with Crippen LogP contribution in [0.1, 0.15) is 24.8 Å². The number of amides is 1. The maximum atomic E-state index is 12.2. The molecule has 1 atom stereocenters. The molecule has 126 valence electrons. The van der Waals surface area contributed by atoms with Crippen LogP contribution in [0.4, 0.5) is 0 Å². The first-order valence-electron chi connectivity index (χ1n) is 8.65. The molecule has 0 aliphatic carbocycles. The van der Waals surface area contributed by atoms with Gasteiger partial charge in [-0.05, 0) is 24.8 Å². The number of likely N-dealkylation sites (tertiary alicyclic amines) is 2. The second-order valence-corrected chi connectivity index (χ2v) is 6.78. The van der Waals surface area contributed by atoms with E-state index in [-0.39, 0.29) is 18.1 Å². The van der Waals surface area contributed by atoms with Crippen LogP contribution in [-0.2, 0) is 11.3 Å². The number of aliphatic hydroxyl groups excluding tert-OH is 1. The van der Waals surface area contributed by atoms with E-state index in [9.17, 15) is 9.90 Å². The van der Waals surface area contributed by atoms with Gasteiger partial charge in [0.25, 0.3) is 0 Å². The third-order valence-corrected chi connectivity index (χ3v) is 4.81. The molecule has 2 heterocycles. The molecule has 0 spiro atoms. The van der Waals surface area contributed by atoms with E-state index in [4.69, 9.17) is 0 Å². The highest BCUT2D eigenvalue weighted by molar-refractivity contribution is 5.78. The molecule has 2 aliphatic heterocycles. The van der Waals surface area contributed by atoms with Crippen molar-refractivity contribution in [1.29, 1.82) is 0 Å². The predicted molar refractivity (Wildman–Crippen MR) is 89.9 cm³/mol. The Morgan fingerprint density at radius 3 is 2.52 bits per heavy atom. The van der Waals surface area contributed by atoms with Crippen molar-refractivity contribution >= 4 is 5.91 Å². The number of benzene rings is 1. The van der Waals surface area contributed by atoms with E-state index in [1.807, 2.05) is 6.07 Å². The Kier molecular flexibility index (Phi) is 5.65. The minimum Gasteiger partial charge on any atom is -0.393 e. The largest absolute Gasteiger partial charge is 0.393 e. The van der Waals surface area contributed by atoms with Crippen molar-refractivity contribution < 1.29 is 9.90 Å². The Hall–Kier alpha value is -1.43. The van der Waals surface area contributed by atoms with Gasteiger partial charge in [-0.2, -0.15) is 0 Å². The van der Waals surface area contributed by atoms with Crippen molar-refractivity contribution in [2.75, 3.05) is 32.7 Å². The molecule has 2 aliphatic rings. The number of rotatable bonds is 5. The summed E-state index contributed by atoms with van der Waals surface area (Å²) in [5.74, 6) is 0.118. The highest BCUT2D eigenvalue weighted by atomic mass is 16.3. The minimum atomic E-state index is -0.185. The van der Waals surface area contributed by atoms with E-state index in [1.165, 1.54) is 5.56 Å². The van der Waals surface area contributed by atoms with Crippen LogP contribution in [-0.4, -0.2) is 65.7 Å². The van der Waals surface area contributed by atoms with E-state index in [2.05, 4.69) is 39.4 Å². The van der Waals surface area contributed by atoms with Crippen LogP contribution >= 0.6 is 0 Å². The number of hydrogen-bond donors (Lipinski definition) is 2. The van der Waals surface area contributed by atoms with Crippen LogP contribution in [0.3, 0.4) is 0 Å². The molecule has 0 saturated carbocycles. The Labute approximate surface area is 138 Å². The van der Waals surface area contributed by atoms with Crippen LogP contribution in [0.15, 0.2) is 30.3 Å². The van der Waals surface area contributed by atoms with Crippen molar-refractivity contribution in [2.45, 2.75) is 38.0 Å². The number of nitrogens with one attached hydrogen (secondary N) is 1. The fraction of sp³-hybridized carbons (Fsp3) is 0.611. The quantitative estimate of drug-likeness (QED) is 0.845. The number of aliphatic hydroxyl groups is 1. The van der Waals surface area contributed by atoms with Gasteiger partial charge in [-0.3, -0.25) is 14.6 Å². The maximum Gasteiger partial charge on any atom is 0.234 e. The first-order valence-corrected chi connectivity index (χ1v) is 8.65. The molecule has 0 bridgehead atoms. The van der Waals surface area contributed by atoms with Crippen molar-refractivity contribution in [3.05, 3.63) is 35.9 Å². The van der Waals surface area contributed by atoms with Crippen molar-refractivity contribution in [2.24, 2.45) is 0 Å². The molecule has 5 nitrogen and oxygen atoms in total. The predicted octanol–water partition coefficient (Wildman–Crippen LogP) is 0.834. The normalized spacial score (nSPS) is 24.0. The molecule has 23 heavy (non-hydrogen) atoms. The number of carbonyl (C=O) groups excluding carboxylic acids is 1. The summed E-state index contributed by atoms with van der Waals surface area (Å²) in [7, 11) is 0. The first-order chi connectivity index (χ1) is 11.2. The van der Waals surface area contributed by atoms with Crippen LogP contribution in [0, 0.1) is 0 Å². The number of carbonyl (C=O) groups is 1. The molecule has 0 radical (unpaired) electrons. The van der Waals surface area contributed by atoms with Gasteiger partial charge in [-0.1, -0.05) is 30.3 Å². The van der Waals surface area contributed by atoms with E-state index in [0.717, 1.165) is 52.0 Å². The van der Waals surface area contributed by atoms with Gasteiger partial charge in [-0.25, -0.2) is 0 Å². The molecule has 2 fully saturated rings. The summed E-state index contributed by atoms with van der Waals surface area (Å²) in [5.41, 5.74) is 1.33. The molecule has 5 heteroatoms. The molecule has 0 aromatic heterocycles. The zero-order chi connectivity index (χ0) is 16.1. The molecular formula is C18H27N3O2. The van der Waals surface area contributed by atoms with Gasteiger partial charge in [0, 0.05) is 38.8 Å². The standard InChI is InChI=1S/C18H27N3O2/c22-17-7-10-20(11-8-17)14-18(23)19-16-6-9-21(13-16)12-15-4-2-1-3-5-15/h1-5,16-17,22H,6-14H2,(H,19,23). The van der Waals surface area contributed by atoms with Gasteiger partial charge in [-0.15, -0.1) is 0 Å². The lowest BCUT2D eigenvalue weighted by atomic mass is 10.1. The zero-order valence-electron chi connectivity index (χ0n) is 13.7. The Morgan fingerprint density at radius 1 is 1.09 bits per heavy atom. The number of hydrogen-bond acceptors (Lipinski definition) is 4. The van der Waals surface area contributed by atoms with Crippen LogP contribution in [0.5, 0.6) is 0 Å². The highest BCUT2D eigenvalue weighted by Crippen LogP contribution is 2.14. The van der Waals surface area contributed by atoms with E-state index in [0.29, 0.717) is 6.54 Å². The first kappa shape index (κ1) is 16.4. The third kappa shape index (κ3) is 5.03.